The number of ether oxygens (including phenoxy) is 2. The second-order valence-electron chi connectivity index (χ2n) is 6.44. The van der Waals surface area contributed by atoms with Crippen molar-refractivity contribution in [3.8, 4) is 16.9 Å². The number of amides is 1. The normalized spacial score (nSPS) is 16.7. The first-order valence-corrected chi connectivity index (χ1v) is 9.08. The molecule has 0 aliphatic carbocycles. The third kappa shape index (κ3) is 4.35. The summed E-state index contributed by atoms with van der Waals surface area (Å²) in [5.41, 5.74) is 2.71. The predicted molar refractivity (Wildman–Crippen MR) is 103 cm³/mol. The summed E-state index contributed by atoms with van der Waals surface area (Å²) in [4.78, 5) is 12.0. The van der Waals surface area contributed by atoms with E-state index in [0.717, 1.165) is 30.6 Å². The molecule has 1 aliphatic heterocycles. The fourth-order valence-electron chi connectivity index (χ4n) is 3.06. The predicted octanol–water partition coefficient (Wildman–Crippen LogP) is 4.86. The second-order valence-corrected chi connectivity index (χ2v) is 6.44. The Balaban J connectivity index is 1.38. The molecule has 4 rings (SSSR count). The molecule has 0 bridgehead atoms. The van der Waals surface area contributed by atoms with E-state index in [4.69, 9.17) is 9.47 Å². The van der Waals surface area contributed by atoms with Crippen LogP contribution in [0.4, 0.5) is 10.5 Å². The maximum atomic E-state index is 12.0. The first-order valence-electron chi connectivity index (χ1n) is 9.08. The zero-order valence-corrected chi connectivity index (χ0v) is 14.9. The molecule has 1 amide bonds. The van der Waals surface area contributed by atoms with Crippen LogP contribution in [-0.2, 0) is 4.74 Å². The van der Waals surface area contributed by atoms with E-state index in [9.17, 15) is 4.79 Å². The number of carbonyl (C=O) groups is 1. The smallest absolute Gasteiger partial charge is 0.410 e. The third-order valence-electron chi connectivity index (χ3n) is 4.47. The standard InChI is InChI=1S/C21H21N3O3/c25-21(27-19-6-2-1-3-7-19)23-18-11-9-16(10-12-18)17-14-22-24(15-17)20-8-4-5-13-26-20/h1-3,6-7,9-12,14-15,20H,4-5,8,13H2,(H,23,25). The molecule has 0 radical (unpaired) electrons. The van der Waals surface area contributed by atoms with Crippen LogP contribution in [0.1, 0.15) is 25.5 Å². The highest BCUT2D eigenvalue weighted by molar-refractivity contribution is 5.86. The van der Waals surface area contributed by atoms with Crippen LogP contribution in [0.3, 0.4) is 0 Å². The molecule has 3 aromatic rings. The van der Waals surface area contributed by atoms with Crippen molar-refractivity contribution in [3.63, 3.8) is 0 Å². The van der Waals surface area contributed by atoms with E-state index in [0.29, 0.717) is 11.4 Å². The van der Waals surface area contributed by atoms with Crippen LogP contribution in [0.5, 0.6) is 5.75 Å². The average molecular weight is 363 g/mol. The lowest BCUT2D eigenvalue weighted by molar-refractivity contribution is -0.0394. The highest BCUT2D eigenvalue weighted by Gasteiger charge is 2.16. The van der Waals surface area contributed by atoms with E-state index >= 15 is 0 Å². The van der Waals surface area contributed by atoms with Gasteiger partial charge in [-0.1, -0.05) is 30.3 Å². The van der Waals surface area contributed by atoms with Crippen LogP contribution >= 0.6 is 0 Å². The maximum Gasteiger partial charge on any atom is 0.417 e. The van der Waals surface area contributed by atoms with Crippen LogP contribution in [0.2, 0.25) is 0 Å². The van der Waals surface area contributed by atoms with E-state index in [-0.39, 0.29) is 6.23 Å². The van der Waals surface area contributed by atoms with Gasteiger partial charge in [0.2, 0.25) is 0 Å². The summed E-state index contributed by atoms with van der Waals surface area (Å²) in [5, 5.41) is 7.16. The summed E-state index contributed by atoms with van der Waals surface area (Å²) in [6.45, 7) is 0.791. The summed E-state index contributed by atoms with van der Waals surface area (Å²) in [6, 6.07) is 16.5. The molecular weight excluding hydrogens is 342 g/mol. The monoisotopic (exact) mass is 363 g/mol. The largest absolute Gasteiger partial charge is 0.417 e. The van der Waals surface area contributed by atoms with Crippen molar-refractivity contribution < 1.29 is 14.3 Å². The Labute approximate surface area is 157 Å². The number of carbonyl (C=O) groups excluding carboxylic acids is 1. The molecular formula is C21H21N3O3. The van der Waals surface area contributed by atoms with Crippen LogP contribution in [0.15, 0.2) is 67.0 Å². The number of hydrogen-bond acceptors (Lipinski definition) is 4. The lowest BCUT2D eigenvalue weighted by Crippen LogP contribution is -2.18. The molecule has 1 unspecified atom stereocenters. The Morgan fingerprint density at radius 1 is 1.07 bits per heavy atom. The second kappa shape index (κ2) is 8.05. The summed E-state index contributed by atoms with van der Waals surface area (Å²) in [7, 11) is 0. The van der Waals surface area contributed by atoms with Crippen molar-refractivity contribution in [1.29, 1.82) is 0 Å². The third-order valence-corrected chi connectivity index (χ3v) is 4.47. The van der Waals surface area contributed by atoms with E-state index in [1.165, 1.54) is 6.42 Å². The molecule has 138 valence electrons. The molecule has 1 aromatic heterocycles. The fourth-order valence-corrected chi connectivity index (χ4v) is 3.06. The van der Waals surface area contributed by atoms with Crippen molar-refractivity contribution in [2.24, 2.45) is 0 Å². The zero-order valence-electron chi connectivity index (χ0n) is 14.9. The Morgan fingerprint density at radius 2 is 1.89 bits per heavy atom. The molecule has 2 heterocycles. The van der Waals surface area contributed by atoms with Gasteiger partial charge in [-0.05, 0) is 49.1 Å². The fraction of sp³-hybridized carbons (Fsp3) is 0.238. The highest BCUT2D eigenvalue weighted by Crippen LogP contribution is 2.26. The summed E-state index contributed by atoms with van der Waals surface area (Å²) < 4.78 is 12.9. The van der Waals surface area contributed by atoms with Crippen molar-refractivity contribution in [2.75, 3.05) is 11.9 Å². The van der Waals surface area contributed by atoms with E-state index in [2.05, 4.69) is 10.4 Å². The van der Waals surface area contributed by atoms with Gasteiger partial charge in [0.1, 0.15) is 12.0 Å². The Hall–Kier alpha value is -3.12. The molecule has 1 N–H and O–H groups in total. The van der Waals surface area contributed by atoms with Crippen molar-refractivity contribution >= 4 is 11.8 Å². The molecule has 6 nitrogen and oxygen atoms in total. The summed E-state index contributed by atoms with van der Waals surface area (Å²) in [5.74, 6) is 0.504. The van der Waals surface area contributed by atoms with Gasteiger partial charge in [-0.15, -0.1) is 0 Å². The molecule has 6 heteroatoms. The van der Waals surface area contributed by atoms with Crippen LogP contribution in [0, 0.1) is 0 Å². The number of anilines is 1. The van der Waals surface area contributed by atoms with Gasteiger partial charge in [0.15, 0.2) is 0 Å². The van der Waals surface area contributed by atoms with E-state index in [1.54, 1.807) is 12.1 Å². The minimum absolute atomic E-state index is 0.0289. The van der Waals surface area contributed by atoms with Crippen molar-refractivity contribution in [3.05, 3.63) is 67.0 Å². The van der Waals surface area contributed by atoms with Gasteiger partial charge < -0.3 is 9.47 Å². The van der Waals surface area contributed by atoms with Gasteiger partial charge in [-0.2, -0.15) is 5.10 Å². The maximum absolute atomic E-state index is 12.0. The van der Waals surface area contributed by atoms with Crippen LogP contribution in [0.25, 0.3) is 11.1 Å². The first-order chi connectivity index (χ1) is 13.3. The van der Waals surface area contributed by atoms with Crippen molar-refractivity contribution in [1.82, 2.24) is 9.78 Å². The molecule has 0 spiro atoms. The molecule has 1 fully saturated rings. The number of rotatable bonds is 4. The number of para-hydroxylation sites is 1. The van der Waals surface area contributed by atoms with Gasteiger partial charge in [0.05, 0.1) is 6.20 Å². The minimum Gasteiger partial charge on any atom is -0.410 e. The van der Waals surface area contributed by atoms with Gasteiger partial charge in [-0.25, -0.2) is 9.48 Å². The number of nitrogens with one attached hydrogen (secondary N) is 1. The lowest BCUT2D eigenvalue weighted by atomic mass is 10.1. The molecule has 27 heavy (non-hydrogen) atoms. The highest BCUT2D eigenvalue weighted by atomic mass is 16.6. The summed E-state index contributed by atoms with van der Waals surface area (Å²) in [6.07, 6.45) is 6.63. The molecule has 0 saturated carbocycles. The van der Waals surface area contributed by atoms with Crippen LogP contribution in [-0.4, -0.2) is 22.5 Å². The molecule has 1 saturated heterocycles. The minimum atomic E-state index is -0.517. The number of aromatic nitrogens is 2. The summed E-state index contributed by atoms with van der Waals surface area (Å²) >= 11 is 0. The number of nitrogens with zero attached hydrogens (tertiary/aromatic N) is 2. The topological polar surface area (TPSA) is 65.4 Å². The van der Waals surface area contributed by atoms with Crippen LogP contribution < -0.4 is 10.1 Å². The molecule has 2 aromatic carbocycles. The van der Waals surface area contributed by atoms with Gasteiger partial charge >= 0.3 is 6.09 Å². The van der Waals surface area contributed by atoms with Gasteiger partial charge in [-0.3, -0.25) is 5.32 Å². The van der Waals surface area contributed by atoms with E-state index in [1.807, 2.05) is 59.5 Å². The number of hydrogen-bond donors (Lipinski definition) is 1. The first kappa shape index (κ1) is 17.3. The molecule has 1 atom stereocenters. The SMILES string of the molecule is O=C(Nc1ccc(-c2cnn(C3CCCCO3)c2)cc1)Oc1ccccc1. The molecule has 1 aliphatic rings. The Morgan fingerprint density at radius 3 is 2.63 bits per heavy atom. The van der Waals surface area contributed by atoms with Crippen molar-refractivity contribution in [2.45, 2.75) is 25.5 Å². The van der Waals surface area contributed by atoms with Gasteiger partial charge in [0.25, 0.3) is 0 Å². The Kier molecular flexibility index (Phi) is 5.16. The van der Waals surface area contributed by atoms with E-state index < -0.39 is 6.09 Å². The van der Waals surface area contributed by atoms with Gasteiger partial charge in [0, 0.05) is 24.1 Å². The Bertz CT molecular complexity index is 885. The zero-order chi connectivity index (χ0) is 18.5. The lowest BCUT2D eigenvalue weighted by Gasteiger charge is -2.22. The average Bonchev–Trinajstić information content (AvgIpc) is 3.20. The number of benzene rings is 2. The quantitative estimate of drug-likeness (QED) is 0.719.